The van der Waals surface area contributed by atoms with Gasteiger partial charge in [0.1, 0.15) is 0 Å². The molecule has 134 valence electrons. The lowest BCUT2D eigenvalue weighted by Crippen LogP contribution is -2.50. The van der Waals surface area contributed by atoms with Gasteiger partial charge in [-0.05, 0) is 30.5 Å². The molecule has 0 radical (unpaired) electrons. The van der Waals surface area contributed by atoms with Crippen molar-refractivity contribution >= 4 is 17.4 Å². The number of piperidine rings is 1. The minimum atomic E-state index is -0.639. The number of hydrogen-bond acceptors (Lipinski definition) is 4. The van der Waals surface area contributed by atoms with Crippen molar-refractivity contribution in [3.63, 3.8) is 0 Å². The average Bonchev–Trinajstić information content (AvgIpc) is 2.63. The summed E-state index contributed by atoms with van der Waals surface area (Å²) >= 11 is 0. The predicted octanol–water partition coefficient (Wildman–Crippen LogP) is 2.41. The van der Waals surface area contributed by atoms with Crippen LogP contribution in [0.3, 0.4) is 0 Å². The second kappa shape index (κ2) is 6.29. The number of likely N-dealkylation sites (tertiary alicyclic amines) is 1. The molecule has 8 heteroatoms. The number of amides is 2. The molecule has 0 aliphatic carbocycles. The van der Waals surface area contributed by atoms with Crippen molar-refractivity contribution in [1.82, 2.24) is 9.47 Å². The summed E-state index contributed by atoms with van der Waals surface area (Å²) in [6, 6.07) is 12.0. The van der Waals surface area contributed by atoms with Crippen LogP contribution in [0.4, 0.5) is 16.2 Å². The number of nitrogens with one attached hydrogen (secondary N) is 1. The third-order valence-corrected chi connectivity index (χ3v) is 5.09. The number of nitro groups is 1. The molecule has 2 aromatic rings. The van der Waals surface area contributed by atoms with Gasteiger partial charge in [-0.1, -0.05) is 18.2 Å². The molecular weight excluding hydrogens is 336 g/mol. The molecule has 4 rings (SSSR count). The molecule has 2 amide bonds. The smallest absolute Gasteiger partial charge is 0.324 e. The fourth-order valence-electron chi connectivity index (χ4n) is 3.96. The van der Waals surface area contributed by atoms with Crippen LogP contribution < -0.4 is 10.9 Å². The first-order valence-electron chi connectivity index (χ1n) is 8.52. The fourth-order valence-corrected chi connectivity index (χ4v) is 3.96. The normalized spacial score (nSPS) is 21.0. The lowest BCUT2D eigenvalue weighted by Gasteiger charge is -2.42. The number of rotatable bonds is 2. The number of urea groups is 1. The van der Waals surface area contributed by atoms with Gasteiger partial charge in [0.05, 0.1) is 4.92 Å². The van der Waals surface area contributed by atoms with Crippen LogP contribution in [-0.4, -0.2) is 33.5 Å². The summed E-state index contributed by atoms with van der Waals surface area (Å²) in [5, 5.41) is 13.9. The van der Waals surface area contributed by atoms with Crippen molar-refractivity contribution in [2.75, 3.05) is 18.4 Å². The molecule has 1 aromatic heterocycles. The maximum Gasteiger partial charge on any atom is 0.334 e. The Bertz CT molecular complexity index is 925. The number of anilines is 1. The molecule has 8 nitrogen and oxygen atoms in total. The van der Waals surface area contributed by atoms with Crippen LogP contribution in [-0.2, 0) is 6.54 Å². The second-order valence-corrected chi connectivity index (χ2v) is 6.82. The minimum Gasteiger partial charge on any atom is -0.324 e. The van der Waals surface area contributed by atoms with Crippen LogP contribution in [0.2, 0.25) is 0 Å². The van der Waals surface area contributed by atoms with Crippen LogP contribution in [0.15, 0.2) is 47.3 Å². The molecule has 1 saturated heterocycles. The maximum absolute atomic E-state index is 12.6. The van der Waals surface area contributed by atoms with Gasteiger partial charge in [-0.3, -0.25) is 14.9 Å². The van der Waals surface area contributed by atoms with Gasteiger partial charge in [0, 0.05) is 43.0 Å². The quantitative estimate of drug-likeness (QED) is 0.661. The molecule has 2 aliphatic heterocycles. The van der Waals surface area contributed by atoms with Crippen molar-refractivity contribution in [2.45, 2.75) is 18.9 Å². The third kappa shape index (κ3) is 2.83. The van der Waals surface area contributed by atoms with Crippen molar-refractivity contribution in [3.8, 4) is 0 Å². The summed E-state index contributed by atoms with van der Waals surface area (Å²) in [4.78, 5) is 37.1. The Morgan fingerprint density at radius 3 is 2.62 bits per heavy atom. The van der Waals surface area contributed by atoms with E-state index in [-0.39, 0.29) is 17.9 Å². The van der Waals surface area contributed by atoms with Crippen LogP contribution >= 0.6 is 0 Å². The Balaban J connectivity index is 1.57. The van der Waals surface area contributed by atoms with Crippen LogP contribution in [0.1, 0.15) is 18.0 Å². The van der Waals surface area contributed by atoms with E-state index in [0.29, 0.717) is 19.6 Å². The van der Waals surface area contributed by atoms with Gasteiger partial charge in [-0.25, -0.2) is 4.79 Å². The average molecular weight is 354 g/mol. The van der Waals surface area contributed by atoms with Crippen molar-refractivity contribution < 1.29 is 9.72 Å². The predicted molar refractivity (Wildman–Crippen MR) is 95.2 cm³/mol. The highest BCUT2D eigenvalue weighted by Gasteiger charge is 2.37. The zero-order valence-corrected chi connectivity index (χ0v) is 14.0. The number of carbonyl (C=O) groups excluding carboxylic acids is 1. The molecule has 1 aromatic carbocycles. The monoisotopic (exact) mass is 354 g/mol. The topological polar surface area (TPSA) is 97.5 Å². The second-order valence-electron chi connectivity index (χ2n) is 6.82. The fraction of sp³-hybridized carbons (Fsp3) is 0.333. The number of fused-ring (bicyclic) bond motifs is 4. The lowest BCUT2D eigenvalue weighted by atomic mass is 9.83. The van der Waals surface area contributed by atoms with Crippen molar-refractivity contribution in [1.29, 1.82) is 0 Å². The van der Waals surface area contributed by atoms with Crippen LogP contribution in [0.25, 0.3) is 0 Å². The van der Waals surface area contributed by atoms with Crippen LogP contribution in [0, 0.1) is 16.0 Å². The Morgan fingerprint density at radius 1 is 1.12 bits per heavy atom. The largest absolute Gasteiger partial charge is 0.334 e. The summed E-state index contributed by atoms with van der Waals surface area (Å²) < 4.78 is 1.52. The van der Waals surface area contributed by atoms with Gasteiger partial charge in [0.25, 0.3) is 0 Å². The van der Waals surface area contributed by atoms with E-state index in [4.69, 9.17) is 0 Å². The van der Waals surface area contributed by atoms with Gasteiger partial charge in [0.2, 0.25) is 0 Å². The van der Waals surface area contributed by atoms with E-state index in [1.807, 2.05) is 30.3 Å². The summed E-state index contributed by atoms with van der Waals surface area (Å²) in [5.74, 6) is 0.125. The summed E-state index contributed by atoms with van der Waals surface area (Å²) in [7, 11) is 0. The molecule has 2 aliphatic rings. The van der Waals surface area contributed by atoms with Gasteiger partial charge < -0.3 is 14.8 Å². The van der Waals surface area contributed by atoms with Crippen molar-refractivity contribution in [2.24, 2.45) is 5.92 Å². The molecule has 2 atom stereocenters. The number of benzene rings is 1. The highest BCUT2D eigenvalue weighted by Crippen LogP contribution is 2.35. The summed E-state index contributed by atoms with van der Waals surface area (Å²) in [6.07, 6.45) is 0.881. The Labute approximate surface area is 149 Å². The van der Waals surface area contributed by atoms with E-state index in [1.165, 1.54) is 10.6 Å². The number of pyridine rings is 1. The highest BCUT2D eigenvalue weighted by molar-refractivity contribution is 5.89. The first-order chi connectivity index (χ1) is 12.5. The maximum atomic E-state index is 12.6. The Morgan fingerprint density at radius 2 is 1.88 bits per heavy atom. The SMILES string of the molecule is O=C(Nc1ccccc1)N1CC2CC(C1)c1ccc([N+](=O)[O-])c(=O)n1C2. The molecule has 1 N–H and O–H groups in total. The minimum absolute atomic E-state index is 0.0116. The first-order valence-corrected chi connectivity index (χ1v) is 8.52. The first kappa shape index (κ1) is 16.3. The number of nitrogens with zero attached hydrogens (tertiary/aromatic N) is 3. The number of carbonyl (C=O) groups is 1. The van der Waals surface area contributed by atoms with E-state index in [9.17, 15) is 19.7 Å². The third-order valence-electron chi connectivity index (χ3n) is 5.09. The number of para-hydroxylation sites is 1. The summed E-state index contributed by atoms with van der Waals surface area (Å²) in [5.41, 5.74) is 0.561. The standard InChI is InChI=1S/C18H18N4O4/c23-17-16(22(25)26)7-6-15-13-8-12(10-21(15)17)9-20(11-13)18(24)19-14-4-2-1-3-5-14/h1-7,12-13H,8-11H2,(H,19,24). The van der Waals surface area contributed by atoms with Gasteiger partial charge in [-0.15, -0.1) is 0 Å². The number of hydrogen-bond donors (Lipinski definition) is 1. The van der Waals surface area contributed by atoms with Gasteiger partial charge in [-0.2, -0.15) is 0 Å². The van der Waals surface area contributed by atoms with Crippen LogP contribution in [0.5, 0.6) is 0 Å². The number of aromatic nitrogens is 1. The van der Waals surface area contributed by atoms with E-state index in [2.05, 4.69) is 5.32 Å². The lowest BCUT2D eigenvalue weighted by molar-refractivity contribution is -0.386. The van der Waals surface area contributed by atoms with Gasteiger partial charge in [0.15, 0.2) is 0 Å². The van der Waals surface area contributed by atoms with E-state index < -0.39 is 16.2 Å². The molecule has 2 bridgehead atoms. The molecule has 0 saturated carbocycles. The Kier molecular flexibility index (Phi) is 3.95. The van der Waals surface area contributed by atoms with E-state index in [1.54, 1.807) is 11.0 Å². The van der Waals surface area contributed by atoms with Crippen molar-refractivity contribution in [3.05, 3.63) is 68.6 Å². The van der Waals surface area contributed by atoms with Gasteiger partial charge >= 0.3 is 17.3 Å². The Hall–Kier alpha value is -3.16. The molecule has 3 heterocycles. The molecule has 1 fully saturated rings. The molecule has 2 unspecified atom stereocenters. The van der Waals surface area contributed by atoms with E-state index >= 15 is 0 Å². The molecule has 0 spiro atoms. The zero-order chi connectivity index (χ0) is 18.3. The zero-order valence-electron chi connectivity index (χ0n) is 14.0. The molecule has 26 heavy (non-hydrogen) atoms. The van der Waals surface area contributed by atoms with E-state index in [0.717, 1.165) is 17.8 Å². The summed E-state index contributed by atoms with van der Waals surface area (Å²) in [6.45, 7) is 1.43. The highest BCUT2D eigenvalue weighted by atomic mass is 16.6. The molecular formula is C18H18N4O4.